The van der Waals surface area contributed by atoms with E-state index in [4.69, 9.17) is 4.98 Å². The van der Waals surface area contributed by atoms with Crippen LogP contribution in [0.2, 0.25) is 0 Å². The highest BCUT2D eigenvalue weighted by Crippen LogP contribution is 2.46. The van der Waals surface area contributed by atoms with Gasteiger partial charge < -0.3 is 4.57 Å². The fourth-order valence-electron chi connectivity index (χ4n) is 7.47. The molecule has 2 nitrogen and oxygen atoms in total. The minimum absolute atomic E-state index is 0.964. The second-order valence-corrected chi connectivity index (χ2v) is 13.8. The molecular weight excluding hydrogens is 625 g/mol. The van der Waals surface area contributed by atoms with E-state index in [0.29, 0.717) is 0 Å². The Hall–Kier alpha value is -6.29. The maximum Gasteiger partial charge on any atom is 0.0715 e. The largest absolute Gasteiger partial charge is 0.309 e. The first-order valence-electron chi connectivity index (χ1n) is 17.0. The van der Waals surface area contributed by atoms with Crippen LogP contribution < -0.4 is 0 Å². The third-order valence-corrected chi connectivity index (χ3v) is 11.1. The molecule has 0 saturated carbocycles. The standard InChI is InChI=1S/C47H30N2S/c1-4-14-31(15-5-1)35-29-41(32-16-6-2-7-17-32)48-42(30-35)34-19-12-18-33(28-34)37-23-13-24-38-39-26-27-44-45(47(39)50-46(37)38)40-22-10-11-25-43(40)49(44)36-20-8-3-9-21-36/h1-30H. The van der Waals surface area contributed by atoms with Gasteiger partial charge in [0.25, 0.3) is 0 Å². The second kappa shape index (κ2) is 11.7. The first kappa shape index (κ1) is 28.7. The molecule has 10 aromatic rings. The number of hydrogen-bond acceptors (Lipinski definition) is 2. The van der Waals surface area contributed by atoms with Crippen molar-refractivity contribution in [3.8, 4) is 50.5 Å². The molecule has 0 bridgehead atoms. The molecule has 0 amide bonds. The molecule has 3 heteroatoms. The van der Waals surface area contributed by atoms with Gasteiger partial charge in [-0.15, -0.1) is 11.3 Å². The van der Waals surface area contributed by atoms with Crippen LogP contribution in [0.3, 0.4) is 0 Å². The Morgan fingerprint density at radius 2 is 0.980 bits per heavy atom. The molecule has 0 fully saturated rings. The molecule has 0 radical (unpaired) electrons. The number of aromatic nitrogens is 2. The molecular formula is C47H30N2S. The van der Waals surface area contributed by atoms with E-state index in [2.05, 4.69) is 187 Å². The summed E-state index contributed by atoms with van der Waals surface area (Å²) in [5.74, 6) is 0. The number of thiophene rings is 1. The average Bonchev–Trinajstić information content (AvgIpc) is 3.75. The Morgan fingerprint density at radius 1 is 0.380 bits per heavy atom. The molecule has 0 atom stereocenters. The number of fused-ring (bicyclic) bond motifs is 7. The van der Waals surface area contributed by atoms with E-state index in [1.807, 2.05) is 11.3 Å². The molecule has 0 spiro atoms. The van der Waals surface area contributed by atoms with Crippen molar-refractivity contribution < 1.29 is 0 Å². The summed E-state index contributed by atoms with van der Waals surface area (Å²) >= 11 is 1.91. The van der Waals surface area contributed by atoms with Gasteiger partial charge in [0.2, 0.25) is 0 Å². The zero-order chi connectivity index (χ0) is 33.0. The molecule has 0 saturated heterocycles. The molecule has 0 unspecified atom stereocenters. The highest BCUT2D eigenvalue weighted by Gasteiger charge is 2.19. The average molecular weight is 655 g/mol. The molecule has 3 heterocycles. The summed E-state index contributed by atoms with van der Waals surface area (Å²) in [4.78, 5) is 5.22. The van der Waals surface area contributed by atoms with Gasteiger partial charge in [0.1, 0.15) is 0 Å². The first-order chi connectivity index (χ1) is 24.8. The topological polar surface area (TPSA) is 17.8 Å². The zero-order valence-corrected chi connectivity index (χ0v) is 27.9. The lowest BCUT2D eigenvalue weighted by Gasteiger charge is -2.12. The summed E-state index contributed by atoms with van der Waals surface area (Å²) in [5, 5.41) is 5.20. The summed E-state index contributed by atoms with van der Waals surface area (Å²) < 4.78 is 5.04. The minimum Gasteiger partial charge on any atom is -0.309 e. The van der Waals surface area contributed by atoms with Crippen LogP contribution in [-0.2, 0) is 0 Å². The van der Waals surface area contributed by atoms with Gasteiger partial charge in [-0.1, -0.05) is 140 Å². The Bertz CT molecular complexity index is 2790. The van der Waals surface area contributed by atoms with Crippen LogP contribution >= 0.6 is 11.3 Å². The van der Waals surface area contributed by atoms with Crippen LogP contribution in [-0.4, -0.2) is 9.55 Å². The second-order valence-electron chi connectivity index (χ2n) is 12.7. The van der Waals surface area contributed by atoms with Crippen molar-refractivity contribution >= 4 is 53.3 Å². The predicted molar refractivity (Wildman–Crippen MR) is 213 cm³/mol. The fraction of sp³-hybridized carbons (Fsp3) is 0. The Kier molecular flexibility index (Phi) is 6.71. The lowest BCUT2D eigenvalue weighted by Crippen LogP contribution is -1.92. The SMILES string of the molecule is c1ccc(-c2cc(-c3ccccc3)nc(-c3cccc(-c4cccc5c4sc4c5ccc5c4c4ccccc4n5-c4ccccc4)c3)c2)cc1. The Balaban J connectivity index is 1.16. The summed E-state index contributed by atoms with van der Waals surface area (Å²) in [7, 11) is 0. The van der Waals surface area contributed by atoms with E-state index >= 15 is 0 Å². The van der Waals surface area contributed by atoms with E-state index in [9.17, 15) is 0 Å². The summed E-state index contributed by atoms with van der Waals surface area (Å²) in [6.07, 6.45) is 0. The van der Waals surface area contributed by atoms with Crippen molar-refractivity contribution in [2.24, 2.45) is 0 Å². The Morgan fingerprint density at radius 3 is 1.78 bits per heavy atom. The number of rotatable bonds is 5. The number of pyridine rings is 1. The van der Waals surface area contributed by atoms with Gasteiger partial charge in [-0.2, -0.15) is 0 Å². The maximum atomic E-state index is 5.22. The van der Waals surface area contributed by atoms with Gasteiger partial charge in [-0.3, -0.25) is 0 Å². The lowest BCUT2D eigenvalue weighted by atomic mass is 9.97. The smallest absolute Gasteiger partial charge is 0.0715 e. The first-order valence-corrected chi connectivity index (χ1v) is 17.8. The minimum atomic E-state index is 0.964. The molecule has 234 valence electrons. The van der Waals surface area contributed by atoms with Crippen molar-refractivity contribution in [2.75, 3.05) is 0 Å². The van der Waals surface area contributed by atoms with Crippen molar-refractivity contribution in [2.45, 2.75) is 0 Å². The van der Waals surface area contributed by atoms with E-state index < -0.39 is 0 Å². The number of hydrogen-bond donors (Lipinski definition) is 0. The summed E-state index contributed by atoms with van der Waals surface area (Å²) in [6, 6.07) is 65.2. The zero-order valence-electron chi connectivity index (χ0n) is 27.1. The van der Waals surface area contributed by atoms with Crippen LogP contribution in [0.5, 0.6) is 0 Å². The summed E-state index contributed by atoms with van der Waals surface area (Å²) in [6.45, 7) is 0. The van der Waals surface area contributed by atoms with Crippen molar-refractivity contribution in [1.82, 2.24) is 9.55 Å². The molecule has 3 aromatic heterocycles. The van der Waals surface area contributed by atoms with Crippen molar-refractivity contribution in [3.63, 3.8) is 0 Å². The molecule has 0 aliphatic carbocycles. The predicted octanol–water partition coefficient (Wildman–Crippen LogP) is 13.2. The van der Waals surface area contributed by atoms with Crippen LogP contribution in [0.15, 0.2) is 182 Å². The lowest BCUT2D eigenvalue weighted by molar-refractivity contribution is 1.18. The number of nitrogens with zero attached hydrogens (tertiary/aromatic N) is 2. The molecule has 50 heavy (non-hydrogen) atoms. The number of para-hydroxylation sites is 2. The van der Waals surface area contributed by atoms with Gasteiger partial charge in [0.15, 0.2) is 0 Å². The maximum absolute atomic E-state index is 5.22. The van der Waals surface area contributed by atoms with Crippen molar-refractivity contribution in [1.29, 1.82) is 0 Å². The highest BCUT2D eigenvalue weighted by atomic mass is 32.1. The van der Waals surface area contributed by atoms with Gasteiger partial charge in [-0.25, -0.2) is 4.98 Å². The van der Waals surface area contributed by atoms with E-state index in [1.165, 1.54) is 64.4 Å². The summed E-state index contributed by atoms with van der Waals surface area (Å²) in [5.41, 5.74) is 12.6. The molecule has 0 aliphatic heterocycles. The molecule has 0 aliphatic rings. The third kappa shape index (κ3) is 4.67. The van der Waals surface area contributed by atoms with Crippen LogP contribution in [0.25, 0.3) is 92.4 Å². The normalized spacial score (nSPS) is 11.6. The highest BCUT2D eigenvalue weighted by molar-refractivity contribution is 7.27. The third-order valence-electron chi connectivity index (χ3n) is 9.79. The van der Waals surface area contributed by atoms with Crippen LogP contribution in [0, 0.1) is 0 Å². The van der Waals surface area contributed by atoms with Crippen LogP contribution in [0.4, 0.5) is 0 Å². The van der Waals surface area contributed by atoms with Gasteiger partial charge in [-0.05, 0) is 64.7 Å². The van der Waals surface area contributed by atoms with E-state index in [1.54, 1.807) is 0 Å². The van der Waals surface area contributed by atoms with Crippen LogP contribution in [0.1, 0.15) is 0 Å². The van der Waals surface area contributed by atoms with E-state index in [-0.39, 0.29) is 0 Å². The van der Waals surface area contributed by atoms with Gasteiger partial charge >= 0.3 is 0 Å². The quantitative estimate of drug-likeness (QED) is 0.181. The Labute approximate surface area is 294 Å². The fourth-order valence-corrected chi connectivity index (χ4v) is 8.86. The van der Waals surface area contributed by atoms with Crippen molar-refractivity contribution in [3.05, 3.63) is 182 Å². The monoisotopic (exact) mass is 654 g/mol. The molecule has 10 rings (SSSR count). The number of benzene rings is 7. The van der Waals surface area contributed by atoms with Gasteiger partial charge in [0, 0.05) is 47.8 Å². The van der Waals surface area contributed by atoms with Gasteiger partial charge in [0.05, 0.1) is 22.4 Å². The van der Waals surface area contributed by atoms with E-state index in [0.717, 1.165) is 28.1 Å². The molecule has 7 aromatic carbocycles. The molecule has 0 N–H and O–H groups in total.